The first-order valence-corrected chi connectivity index (χ1v) is 12.7. The lowest BCUT2D eigenvalue weighted by atomic mass is 10.1. The van der Waals surface area contributed by atoms with E-state index in [1.54, 1.807) is 0 Å². The number of hydrogen-bond acceptors (Lipinski definition) is 4. The zero-order valence-electron chi connectivity index (χ0n) is 21.6. The summed E-state index contributed by atoms with van der Waals surface area (Å²) >= 11 is 0. The first-order chi connectivity index (χ1) is 17.3. The molecule has 1 amide bonds. The average Bonchev–Trinajstić information content (AvgIpc) is 3.33. The molecule has 2 N–H and O–H groups in total. The molecule has 1 heterocycles. The van der Waals surface area contributed by atoms with E-state index in [1.807, 2.05) is 43.9 Å². The summed E-state index contributed by atoms with van der Waals surface area (Å²) in [6, 6.07) is 27.3. The highest BCUT2D eigenvalue weighted by atomic mass is 16.6. The van der Waals surface area contributed by atoms with Crippen molar-refractivity contribution in [2.75, 3.05) is 17.2 Å². The van der Waals surface area contributed by atoms with Gasteiger partial charge in [-0.25, -0.2) is 4.79 Å². The minimum Gasteiger partial charge on any atom is -0.444 e. The van der Waals surface area contributed by atoms with Gasteiger partial charge in [0.05, 0.1) is 6.04 Å². The Bertz CT molecular complexity index is 1150. The van der Waals surface area contributed by atoms with E-state index in [9.17, 15) is 4.79 Å². The van der Waals surface area contributed by atoms with Gasteiger partial charge in [0, 0.05) is 31.0 Å². The fourth-order valence-corrected chi connectivity index (χ4v) is 4.44. The van der Waals surface area contributed by atoms with Crippen molar-refractivity contribution in [1.29, 1.82) is 0 Å². The Labute approximate surface area is 215 Å². The predicted octanol–water partition coefficient (Wildman–Crippen LogP) is 6.89. The summed E-state index contributed by atoms with van der Waals surface area (Å²) in [4.78, 5) is 16.8. The van der Waals surface area contributed by atoms with E-state index in [-0.39, 0.29) is 12.1 Å². The number of anilines is 2. The van der Waals surface area contributed by atoms with Crippen molar-refractivity contribution in [3.63, 3.8) is 0 Å². The summed E-state index contributed by atoms with van der Waals surface area (Å²) in [6.45, 7) is 8.06. The lowest BCUT2D eigenvalue weighted by Crippen LogP contribution is -2.39. The number of carbonyl (C=O) groups is 1. The van der Waals surface area contributed by atoms with E-state index in [1.165, 1.54) is 16.8 Å². The molecule has 0 unspecified atom stereocenters. The zero-order valence-corrected chi connectivity index (χ0v) is 21.6. The molecular weight excluding hydrogens is 446 g/mol. The van der Waals surface area contributed by atoms with E-state index in [4.69, 9.17) is 10.5 Å². The second-order valence-electron chi connectivity index (χ2n) is 10.4. The molecular formula is C31H37N3O2. The monoisotopic (exact) mass is 483 g/mol. The Morgan fingerprint density at radius 2 is 1.58 bits per heavy atom. The van der Waals surface area contributed by atoms with Crippen LogP contribution in [-0.2, 0) is 17.8 Å². The molecule has 4 rings (SSSR count). The first kappa shape index (κ1) is 25.4. The molecule has 1 aliphatic heterocycles. The SMILES string of the molecule is CC(C)(C)OC(=O)N1CCC[C@H]1/C=C/c1ccc(CN(Cc2ccc(N)cc2)c2ccccc2)cc1. The molecule has 1 atom stereocenters. The third kappa shape index (κ3) is 7.14. The average molecular weight is 484 g/mol. The van der Waals surface area contributed by atoms with Crippen LogP contribution in [0.5, 0.6) is 0 Å². The summed E-state index contributed by atoms with van der Waals surface area (Å²) < 4.78 is 5.58. The molecule has 0 spiro atoms. The molecule has 1 fully saturated rings. The van der Waals surface area contributed by atoms with Crippen LogP contribution in [0.25, 0.3) is 6.08 Å². The van der Waals surface area contributed by atoms with Gasteiger partial charge < -0.3 is 20.3 Å². The number of nitrogens with two attached hydrogens (primary N) is 1. The second kappa shape index (κ2) is 11.3. The van der Waals surface area contributed by atoms with Gasteiger partial charge in [-0.2, -0.15) is 0 Å². The van der Waals surface area contributed by atoms with Gasteiger partial charge in [-0.1, -0.05) is 66.7 Å². The van der Waals surface area contributed by atoms with Crippen molar-refractivity contribution < 1.29 is 9.53 Å². The number of para-hydroxylation sites is 1. The highest BCUT2D eigenvalue weighted by Gasteiger charge is 2.30. The summed E-state index contributed by atoms with van der Waals surface area (Å²) in [7, 11) is 0. The van der Waals surface area contributed by atoms with Crippen molar-refractivity contribution in [2.45, 2.75) is 58.3 Å². The number of likely N-dealkylation sites (tertiary alicyclic amines) is 1. The van der Waals surface area contributed by atoms with E-state index in [0.29, 0.717) is 0 Å². The van der Waals surface area contributed by atoms with Crippen molar-refractivity contribution in [3.8, 4) is 0 Å². The molecule has 3 aromatic rings. The minimum absolute atomic E-state index is 0.0769. The quantitative estimate of drug-likeness (QED) is 0.372. The molecule has 0 saturated carbocycles. The molecule has 1 aliphatic rings. The number of nitrogens with zero attached hydrogens (tertiary/aromatic N) is 2. The van der Waals surface area contributed by atoms with Gasteiger partial charge in [0.25, 0.3) is 0 Å². The van der Waals surface area contributed by atoms with E-state index >= 15 is 0 Å². The summed E-state index contributed by atoms with van der Waals surface area (Å²) in [5.41, 5.74) is 10.9. The molecule has 5 heteroatoms. The lowest BCUT2D eigenvalue weighted by Gasteiger charge is -2.27. The van der Waals surface area contributed by atoms with Crippen molar-refractivity contribution >= 4 is 23.5 Å². The fourth-order valence-electron chi connectivity index (χ4n) is 4.44. The number of benzene rings is 3. The molecule has 5 nitrogen and oxygen atoms in total. The molecule has 0 aromatic heterocycles. The van der Waals surface area contributed by atoms with Crippen LogP contribution < -0.4 is 10.6 Å². The van der Waals surface area contributed by atoms with Crippen LogP contribution in [0.1, 0.15) is 50.3 Å². The highest BCUT2D eigenvalue weighted by molar-refractivity contribution is 5.69. The Kier molecular flexibility index (Phi) is 7.99. The number of rotatable bonds is 7. The molecule has 0 aliphatic carbocycles. The molecule has 1 saturated heterocycles. The fraction of sp³-hybridized carbons (Fsp3) is 0.323. The van der Waals surface area contributed by atoms with Crippen LogP contribution >= 0.6 is 0 Å². The summed E-state index contributed by atoms with van der Waals surface area (Å²) in [6.07, 6.45) is 5.97. The third-order valence-electron chi connectivity index (χ3n) is 6.27. The van der Waals surface area contributed by atoms with Crippen LogP contribution in [0.3, 0.4) is 0 Å². The van der Waals surface area contributed by atoms with Gasteiger partial charge >= 0.3 is 6.09 Å². The lowest BCUT2D eigenvalue weighted by molar-refractivity contribution is 0.0256. The van der Waals surface area contributed by atoms with Crippen LogP contribution in [0.15, 0.2) is 84.9 Å². The maximum Gasteiger partial charge on any atom is 0.410 e. The summed E-state index contributed by atoms with van der Waals surface area (Å²) in [5.74, 6) is 0. The minimum atomic E-state index is -0.481. The molecule has 0 bridgehead atoms. The van der Waals surface area contributed by atoms with Gasteiger partial charge in [-0.15, -0.1) is 0 Å². The van der Waals surface area contributed by atoms with Gasteiger partial charge in [-0.05, 0) is 74.6 Å². The number of ether oxygens (including phenoxy) is 1. The van der Waals surface area contributed by atoms with Gasteiger partial charge in [0.1, 0.15) is 5.60 Å². The zero-order chi connectivity index (χ0) is 25.5. The molecule has 0 radical (unpaired) electrons. The van der Waals surface area contributed by atoms with Crippen molar-refractivity contribution in [1.82, 2.24) is 4.90 Å². The first-order valence-electron chi connectivity index (χ1n) is 12.7. The summed E-state index contributed by atoms with van der Waals surface area (Å²) in [5, 5.41) is 0. The van der Waals surface area contributed by atoms with E-state index in [0.717, 1.165) is 43.7 Å². The predicted molar refractivity (Wildman–Crippen MR) is 149 cm³/mol. The van der Waals surface area contributed by atoms with Crippen molar-refractivity contribution in [3.05, 3.63) is 102 Å². The maximum absolute atomic E-state index is 12.6. The van der Waals surface area contributed by atoms with E-state index in [2.05, 4.69) is 77.7 Å². The third-order valence-corrected chi connectivity index (χ3v) is 6.27. The Hall–Kier alpha value is -3.73. The van der Waals surface area contributed by atoms with Gasteiger partial charge in [0.15, 0.2) is 0 Å². The number of nitrogen functional groups attached to an aromatic ring is 1. The van der Waals surface area contributed by atoms with Gasteiger partial charge in [-0.3, -0.25) is 0 Å². The molecule has 36 heavy (non-hydrogen) atoms. The number of carbonyl (C=O) groups excluding carboxylic acids is 1. The normalized spacial score (nSPS) is 15.9. The topological polar surface area (TPSA) is 58.8 Å². The Morgan fingerprint density at radius 3 is 2.19 bits per heavy atom. The van der Waals surface area contributed by atoms with Crippen LogP contribution in [0.4, 0.5) is 16.2 Å². The van der Waals surface area contributed by atoms with Crippen LogP contribution in [0.2, 0.25) is 0 Å². The smallest absolute Gasteiger partial charge is 0.410 e. The van der Waals surface area contributed by atoms with Crippen LogP contribution in [-0.4, -0.2) is 29.2 Å². The highest BCUT2D eigenvalue weighted by Crippen LogP contribution is 2.24. The van der Waals surface area contributed by atoms with Crippen molar-refractivity contribution in [2.24, 2.45) is 0 Å². The molecule has 188 valence electrons. The second-order valence-corrected chi connectivity index (χ2v) is 10.4. The number of hydrogen-bond donors (Lipinski definition) is 1. The largest absolute Gasteiger partial charge is 0.444 e. The number of amides is 1. The van der Waals surface area contributed by atoms with E-state index < -0.39 is 5.60 Å². The Balaban J connectivity index is 1.42. The van der Waals surface area contributed by atoms with Crippen LogP contribution in [0, 0.1) is 0 Å². The maximum atomic E-state index is 12.6. The van der Waals surface area contributed by atoms with Gasteiger partial charge in [0.2, 0.25) is 0 Å². The standard InChI is InChI=1S/C31H37N3O2/c1-31(2,3)36-30(35)34-21-7-10-29(34)20-17-24-11-13-25(14-12-24)22-33(28-8-5-4-6-9-28)23-26-15-18-27(32)19-16-26/h4-6,8-9,11-20,29H,7,10,21-23,32H2,1-3H3/b20-17+/t29-/m0/s1. The Morgan fingerprint density at radius 1 is 0.972 bits per heavy atom. The molecule has 3 aromatic carbocycles.